The summed E-state index contributed by atoms with van der Waals surface area (Å²) in [6.45, 7) is 4.08. The zero-order valence-corrected chi connectivity index (χ0v) is 8.05. The smallest absolute Gasteiger partial charge is 0.220 e. The SMILES string of the molecule is CCCCCCC(C)C(N)=O.[N]. The molecule has 12 heavy (non-hydrogen) atoms. The molecule has 0 aliphatic heterocycles. The Hall–Kier alpha value is -0.570. The van der Waals surface area contributed by atoms with E-state index in [1.165, 1.54) is 19.3 Å². The number of amides is 1. The van der Waals surface area contributed by atoms with E-state index in [0.717, 1.165) is 12.8 Å². The summed E-state index contributed by atoms with van der Waals surface area (Å²) in [5.74, 6) is -0.103. The van der Waals surface area contributed by atoms with E-state index >= 15 is 0 Å². The van der Waals surface area contributed by atoms with Crippen molar-refractivity contribution in [3.05, 3.63) is 0 Å². The molecule has 3 radical (unpaired) electrons. The second-order valence-electron chi connectivity index (χ2n) is 3.15. The zero-order chi connectivity index (χ0) is 8.69. The lowest BCUT2D eigenvalue weighted by molar-refractivity contribution is -0.121. The normalized spacial score (nSPS) is 11.8. The predicted molar refractivity (Wildman–Crippen MR) is 49.3 cm³/mol. The van der Waals surface area contributed by atoms with E-state index in [0.29, 0.717) is 0 Å². The Morgan fingerprint density at radius 2 is 1.92 bits per heavy atom. The van der Waals surface area contributed by atoms with Gasteiger partial charge in [-0.3, -0.25) is 4.79 Å². The molecule has 3 heteroatoms. The Morgan fingerprint density at radius 1 is 1.33 bits per heavy atom. The zero-order valence-electron chi connectivity index (χ0n) is 8.05. The summed E-state index contributed by atoms with van der Waals surface area (Å²) in [7, 11) is 0. The summed E-state index contributed by atoms with van der Waals surface area (Å²) in [4.78, 5) is 10.6. The van der Waals surface area contributed by atoms with E-state index < -0.39 is 0 Å². The molecule has 1 amide bonds. The van der Waals surface area contributed by atoms with E-state index in [1.807, 2.05) is 6.92 Å². The van der Waals surface area contributed by atoms with Crippen molar-refractivity contribution in [3.8, 4) is 0 Å². The van der Waals surface area contributed by atoms with Crippen molar-refractivity contribution in [1.82, 2.24) is 6.15 Å². The van der Waals surface area contributed by atoms with Crippen LogP contribution in [0.3, 0.4) is 0 Å². The number of nitrogens with zero attached hydrogens (tertiary/aromatic N) is 1. The maximum absolute atomic E-state index is 10.6. The second-order valence-corrected chi connectivity index (χ2v) is 3.15. The van der Waals surface area contributed by atoms with Crippen LogP contribution in [0.2, 0.25) is 0 Å². The molecule has 0 rings (SSSR count). The van der Waals surface area contributed by atoms with Gasteiger partial charge in [-0.15, -0.1) is 0 Å². The number of carbonyl (C=O) groups excluding carboxylic acids is 1. The molecule has 0 aliphatic carbocycles. The van der Waals surface area contributed by atoms with Crippen molar-refractivity contribution in [1.29, 1.82) is 0 Å². The Labute approximate surface area is 75.3 Å². The third-order valence-electron chi connectivity index (χ3n) is 1.98. The first kappa shape index (κ1) is 14.0. The van der Waals surface area contributed by atoms with E-state index in [-0.39, 0.29) is 18.0 Å². The minimum atomic E-state index is -0.165. The molecule has 71 valence electrons. The van der Waals surface area contributed by atoms with Gasteiger partial charge in [0.2, 0.25) is 5.91 Å². The molecule has 2 N–H and O–H groups in total. The van der Waals surface area contributed by atoms with E-state index in [9.17, 15) is 4.79 Å². The summed E-state index contributed by atoms with van der Waals surface area (Å²) in [5, 5.41) is 0. The molecule has 0 fully saturated rings. The fourth-order valence-electron chi connectivity index (χ4n) is 1.02. The van der Waals surface area contributed by atoms with Gasteiger partial charge in [-0.1, -0.05) is 39.5 Å². The maximum atomic E-state index is 10.6. The molecule has 3 nitrogen and oxygen atoms in total. The minimum absolute atomic E-state index is 0. The first-order valence-electron chi connectivity index (χ1n) is 4.47. The van der Waals surface area contributed by atoms with Crippen LogP contribution in [-0.2, 0) is 4.79 Å². The lowest BCUT2D eigenvalue weighted by Crippen LogP contribution is -2.20. The number of primary amides is 1. The first-order chi connectivity index (χ1) is 5.18. The van der Waals surface area contributed by atoms with Gasteiger partial charge in [-0.05, 0) is 6.42 Å². The fraction of sp³-hybridized carbons (Fsp3) is 0.889. The van der Waals surface area contributed by atoms with Gasteiger partial charge >= 0.3 is 0 Å². The van der Waals surface area contributed by atoms with Crippen LogP contribution in [0.5, 0.6) is 0 Å². The standard InChI is InChI=1S/C9H19NO.N/c1-3-4-5-6-7-8(2)9(10)11;/h8H,3-7H2,1-2H3,(H2,10,11);. The molecule has 0 saturated carbocycles. The number of nitrogens with two attached hydrogens (primary N) is 1. The number of carbonyl (C=O) groups is 1. The average molecular weight is 171 g/mol. The Balaban J connectivity index is 0. The minimum Gasteiger partial charge on any atom is -0.369 e. The first-order valence-corrected chi connectivity index (χ1v) is 4.47. The summed E-state index contributed by atoms with van der Waals surface area (Å²) in [6.07, 6.45) is 5.83. The molecule has 0 aromatic carbocycles. The van der Waals surface area contributed by atoms with Gasteiger partial charge in [-0.25, -0.2) is 0 Å². The maximum Gasteiger partial charge on any atom is 0.220 e. The van der Waals surface area contributed by atoms with Gasteiger partial charge < -0.3 is 5.73 Å². The summed E-state index contributed by atoms with van der Waals surface area (Å²) >= 11 is 0. The largest absolute Gasteiger partial charge is 0.369 e. The number of unbranched alkanes of at least 4 members (excludes halogenated alkanes) is 3. The Kier molecular flexibility index (Phi) is 9.93. The van der Waals surface area contributed by atoms with Crippen LogP contribution in [-0.4, -0.2) is 5.91 Å². The van der Waals surface area contributed by atoms with Crippen molar-refractivity contribution < 1.29 is 4.79 Å². The van der Waals surface area contributed by atoms with E-state index in [4.69, 9.17) is 5.73 Å². The second kappa shape index (κ2) is 8.53. The molecular weight excluding hydrogens is 152 g/mol. The molecule has 0 heterocycles. The Morgan fingerprint density at radius 3 is 2.33 bits per heavy atom. The van der Waals surface area contributed by atoms with Crippen LogP contribution in [0.4, 0.5) is 0 Å². The molecule has 0 aromatic heterocycles. The van der Waals surface area contributed by atoms with Crippen LogP contribution in [0.1, 0.15) is 46.0 Å². The predicted octanol–water partition coefficient (Wildman–Crippen LogP) is 1.60. The summed E-state index contributed by atoms with van der Waals surface area (Å²) in [5.41, 5.74) is 5.11. The highest BCUT2D eigenvalue weighted by atomic mass is 16.1. The highest BCUT2D eigenvalue weighted by molar-refractivity contribution is 5.76. The monoisotopic (exact) mass is 171 g/mol. The highest BCUT2D eigenvalue weighted by Gasteiger charge is 2.06. The molecule has 0 spiro atoms. The van der Waals surface area contributed by atoms with Crippen molar-refractivity contribution in [3.63, 3.8) is 0 Å². The average Bonchev–Trinajstić information content (AvgIpc) is 1.97. The fourth-order valence-corrected chi connectivity index (χ4v) is 1.02. The highest BCUT2D eigenvalue weighted by Crippen LogP contribution is 2.09. The van der Waals surface area contributed by atoms with Crippen LogP contribution >= 0.6 is 0 Å². The van der Waals surface area contributed by atoms with Gasteiger partial charge in [0.05, 0.1) is 0 Å². The van der Waals surface area contributed by atoms with Gasteiger partial charge in [0, 0.05) is 12.1 Å². The summed E-state index contributed by atoms with van der Waals surface area (Å²) < 4.78 is 0. The molecule has 1 unspecified atom stereocenters. The quantitative estimate of drug-likeness (QED) is 0.605. The molecule has 0 saturated heterocycles. The van der Waals surface area contributed by atoms with Gasteiger partial charge in [0.25, 0.3) is 0 Å². The van der Waals surface area contributed by atoms with E-state index in [2.05, 4.69) is 6.92 Å². The topological polar surface area (TPSA) is 73.6 Å². The molecule has 1 atom stereocenters. The molecule has 0 aromatic rings. The van der Waals surface area contributed by atoms with Gasteiger partial charge in [0.1, 0.15) is 0 Å². The van der Waals surface area contributed by atoms with Crippen LogP contribution in [0.25, 0.3) is 0 Å². The van der Waals surface area contributed by atoms with Crippen molar-refractivity contribution in [2.75, 3.05) is 0 Å². The lowest BCUT2D eigenvalue weighted by Gasteiger charge is -2.05. The van der Waals surface area contributed by atoms with Crippen LogP contribution in [0.15, 0.2) is 0 Å². The van der Waals surface area contributed by atoms with E-state index in [1.54, 1.807) is 0 Å². The number of hydrogen-bond acceptors (Lipinski definition) is 1. The molecule has 0 bridgehead atoms. The van der Waals surface area contributed by atoms with Crippen molar-refractivity contribution in [2.45, 2.75) is 46.0 Å². The molecular formula is C9H19N2O. The Bertz CT molecular complexity index is 115. The number of rotatable bonds is 6. The van der Waals surface area contributed by atoms with Crippen LogP contribution < -0.4 is 11.9 Å². The van der Waals surface area contributed by atoms with Gasteiger partial charge in [-0.2, -0.15) is 0 Å². The lowest BCUT2D eigenvalue weighted by atomic mass is 10.0. The number of hydrogen-bond donors (Lipinski definition) is 1. The third-order valence-corrected chi connectivity index (χ3v) is 1.98. The van der Waals surface area contributed by atoms with Crippen LogP contribution in [0, 0.1) is 5.92 Å². The third kappa shape index (κ3) is 7.54. The summed E-state index contributed by atoms with van der Waals surface area (Å²) in [6, 6.07) is 0. The van der Waals surface area contributed by atoms with Crippen molar-refractivity contribution in [2.24, 2.45) is 11.7 Å². The molecule has 0 aliphatic rings. The van der Waals surface area contributed by atoms with Gasteiger partial charge in [0.15, 0.2) is 0 Å². The van der Waals surface area contributed by atoms with Crippen molar-refractivity contribution >= 4 is 5.91 Å².